The van der Waals surface area contributed by atoms with Crippen molar-refractivity contribution in [2.45, 2.75) is 88.0 Å². The zero-order valence-corrected chi connectivity index (χ0v) is 26.7. The van der Waals surface area contributed by atoms with Gasteiger partial charge >= 0.3 is 18.0 Å². The third-order valence-electron chi connectivity index (χ3n) is 10.8. The lowest BCUT2D eigenvalue weighted by molar-refractivity contribution is -0.326. The first-order chi connectivity index (χ1) is 23.1. The molecule has 11 nitrogen and oxygen atoms in total. The molecule has 19 heteroatoms. The molecule has 4 amide bonds. The van der Waals surface area contributed by atoms with Gasteiger partial charge in [-0.25, -0.2) is 13.8 Å². The molecule has 9 atom stereocenters. The van der Waals surface area contributed by atoms with Crippen LogP contribution in [-0.4, -0.2) is 99.4 Å². The third kappa shape index (κ3) is 5.22. The molecule has 50 heavy (non-hydrogen) atoms. The van der Waals surface area contributed by atoms with Crippen LogP contribution < -0.4 is 15.4 Å². The fourth-order valence-electron chi connectivity index (χ4n) is 8.39. The van der Waals surface area contributed by atoms with E-state index < -0.39 is 101 Å². The number of nitrogens with one attached hydrogen (secondary N) is 2. The molecular formula is C31H32F8N6O5. The summed E-state index contributed by atoms with van der Waals surface area (Å²) in [6, 6.07) is -0.167. The standard InChI is InChI=1S/C31H32F8N6O5/c1-27(2,3)21(42-26(49)29(33,30(34,35)36)31(37,38)39)24(47)44-11-16-13-7-15(17(32)8-13)19(16)20(44)23(46)45-12-28(9-14(45)10-40)25(48)43-22-18(50-28)5-4-6-41-22/h4-6,13-17,19-21H,7-9,11-12H2,1-3H3,(H,42,49)(H,41,43,48). The van der Waals surface area contributed by atoms with Crippen LogP contribution in [0.5, 0.6) is 5.75 Å². The Morgan fingerprint density at radius 1 is 1.08 bits per heavy atom. The highest BCUT2D eigenvalue weighted by molar-refractivity contribution is 6.01. The van der Waals surface area contributed by atoms with Crippen LogP contribution in [0.2, 0.25) is 0 Å². The Balaban J connectivity index is 1.35. The van der Waals surface area contributed by atoms with Gasteiger partial charge in [0.2, 0.25) is 17.4 Å². The van der Waals surface area contributed by atoms with E-state index in [1.807, 2.05) is 6.07 Å². The predicted octanol–water partition coefficient (Wildman–Crippen LogP) is 3.46. The Labute approximate surface area is 279 Å². The molecule has 1 spiro atoms. The minimum absolute atomic E-state index is 0.0939. The van der Waals surface area contributed by atoms with E-state index in [-0.39, 0.29) is 36.9 Å². The average Bonchev–Trinajstić information content (AvgIpc) is 3.77. The van der Waals surface area contributed by atoms with Crippen molar-refractivity contribution >= 4 is 29.4 Å². The second-order valence-corrected chi connectivity index (χ2v) is 14.7. The van der Waals surface area contributed by atoms with Crippen molar-refractivity contribution in [3.05, 3.63) is 18.3 Å². The number of pyridine rings is 1. The average molecular weight is 721 g/mol. The summed E-state index contributed by atoms with van der Waals surface area (Å²) in [6.07, 6.45) is -13.4. The lowest BCUT2D eigenvalue weighted by atomic mass is 9.77. The molecule has 1 aromatic heterocycles. The number of nitrogens with zero attached hydrogens (tertiary/aromatic N) is 4. The van der Waals surface area contributed by atoms with Crippen LogP contribution in [0, 0.1) is 40.4 Å². The summed E-state index contributed by atoms with van der Waals surface area (Å²) in [5, 5.41) is 14.0. The number of fused-ring (bicyclic) bond motifs is 6. The Bertz CT molecular complexity index is 1640. The first-order valence-electron chi connectivity index (χ1n) is 15.8. The summed E-state index contributed by atoms with van der Waals surface area (Å²) in [7, 11) is 0. The highest BCUT2D eigenvalue weighted by Gasteiger charge is 2.78. The molecule has 4 fully saturated rings. The smallest absolute Gasteiger partial charge is 0.441 e. The summed E-state index contributed by atoms with van der Waals surface area (Å²) in [6.45, 7) is 2.82. The number of likely N-dealkylation sites (tertiary alicyclic amines) is 2. The largest absolute Gasteiger partial charge is 0.472 e. The summed E-state index contributed by atoms with van der Waals surface area (Å²) < 4.78 is 117. The number of carbonyl (C=O) groups excluding carboxylic acids is 4. The van der Waals surface area contributed by atoms with E-state index in [1.54, 1.807) is 0 Å². The quantitative estimate of drug-likeness (QED) is 0.454. The minimum atomic E-state index is -6.75. The second-order valence-electron chi connectivity index (χ2n) is 14.7. The summed E-state index contributed by atoms with van der Waals surface area (Å²) >= 11 is 0. The number of amides is 4. The minimum Gasteiger partial charge on any atom is -0.472 e. The monoisotopic (exact) mass is 720 g/mol. The molecule has 9 unspecified atom stereocenters. The van der Waals surface area contributed by atoms with E-state index in [0.29, 0.717) is 6.42 Å². The van der Waals surface area contributed by atoms with Gasteiger partial charge in [0.1, 0.15) is 24.3 Å². The molecule has 2 aliphatic carbocycles. The number of nitriles is 1. The lowest BCUT2D eigenvalue weighted by Gasteiger charge is -2.39. The number of hydrogen-bond donors (Lipinski definition) is 2. The van der Waals surface area contributed by atoms with Crippen LogP contribution in [0.25, 0.3) is 0 Å². The van der Waals surface area contributed by atoms with E-state index in [0.717, 1.165) is 9.80 Å². The van der Waals surface area contributed by atoms with Crippen molar-refractivity contribution in [2.24, 2.45) is 29.1 Å². The van der Waals surface area contributed by atoms with Gasteiger partial charge in [-0.05, 0) is 54.1 Å². The van der Waals surface area contributed by atoms with Gasteiger partial charge < -0.3 is 25.2 Å². The van der Waals surface area contributed by atoms with Crippen LogP contribution in [0.4, 0.5) is 40.9 Å². The molecule has 4 heterocycles. The van der Waals surface area contributed by atoms with Gasteiger partial charge in [-0.15, -0.1) is 0 Å². The molecule has 6 rings (SSSR count). The zero-order chi connectivity index (χ0) is 36.9. The van der Waals surface area contributed by atoms with Crippen molar-refractivity contribution in [1.82, 2.24) is 20.1 Å². The molecule has 3 aliphatic heterocycles. The van der Waals surface area contributed by atoms with Crippen LogP contribution in [0.1, 0.15) is 40.0 Å². The van der Waals surface area contributed by atoms with Crippen LogP contribution in [0.15, 0.2) is 18.3 Å². The normalized spacial score (nSPS) is 32.6. The SMILES string of the molecule is CC(C)(C)C(NC(=O)C(F)(C(F)(F)F)C(F)(F)F)C(=O)N1CC2C3CC(F)C(C3)C2C1C(=O)N1CC2(CC1C#N)Oc1cccnc1NC2=O. The van der Waals surface area contributed by atoms with Crippen LogP contribution in [-0.2, 0) is 19.2 Å². The Kier molecular flexibility index (Phi) is 8.10. The van der Waals surface area contributed by atoms with Gasteiger partial charge in [0.25, 0.3) is 11.8 Å². The molecule has 2 bridgehead atoms. The number of carbonyl (C=O) groups is 4. The van der Waals surface area contributed by atoms with Gasteiger partial charge in [0.05, 0.1) is 12.6 Å². The van der Waals surface area contributed by atoms with Gasteiger partial charge in [-0.2, -0.15) is 31.6 Å². The highest BCUT2D eigenvalue weighted by atomic mass is 19.4. The molecule has 5 aliphatic rings. The molecular weight excluding hydrogens is 688 g/mol. The van der Waals surface area contributed by atoms with E-state index in [4.69, 9.17) is 4.74 Å². The molecule has 1 aromatic rings. The fraction of sp³-hybridized carbons (Fsp3) is 0.677. The van der Waals surface area contributed by atoms with Gasteiger partial charge in [0.15, 0.2) is 11.6 Å². The molecule has 0 radical (unpaired) electrons. The number of aromatic nitrogens is 1. The first kappa shape index (κ1) is 35.6. The number of anilines is 1. The predicted molar refractivity (Wildman–Crippen MR) is 153 cm³/mol. The highest BCUT2D eigenvalue weighted by Crippen LogP contribution is 2.59. The Hall–Kier alpha value is -4.24. The zero-order valence-electron chi connectivity index (χ0n) is 26.7. The number of alkyl halides is 8. The summed E-state index contributed by atoms with van der Waals surface area (Å²) in [5.41, 5.74) is -9.79. The van der Waals surface area contributed by atoms with Gasteiger partial charge in [-0.1, -0.05) is 20.8 Å². The summed E-state index contributed by atoms with van der Waals surface area (Å²) in [4.78, 5) is 60.6. The molecule has 2 N–H and O–H groups in total. The second kappa shape index (κ2) is 11.4. The van der Waals surface area contributed by atoms with Crippen molar-refractivity contribution < 1.29 is 59.0 Å². The molecule has 272 valence electrons. The molecule has 2 saturated carbocycles. The first-order valence-corrected chi connectivity index (χ1v) is 15.8. The number of rotatable bonds is 4. The molecule has 2 saturated heterocycles. The van der Waals surface area contributed by atoms with Crippen LogP contribution in [0.3, 0.4) is 0 Å². The number of hydrogen-bond acceptors (Lipinski definition) is 7. The van der Waals surface area contributed by atoms with E-state index in [2.05, 4.69) is 10.3 Å². The maximum Gasteiger partial charge on any atom is 0.441 e. The maximum atomic E-state index is 15.2. The van der Waals surface area contributed by atoms with Crippen molar-refractivity contribution in [1.29, 1.82) is 5.26 Å². The van der Waals surface area contributed by atoms with E-state index in [9.17, 15) is 55.2 Å². The maximum absolute atomic E-state index is 15.2. The fourth-order valence-corrected chi connectivity index (χ4v) is 8.39. The lowest BCUT2D eigenvalue weighted by Crippen LogP contribution is -2.67. The Morgan fingerprint density at radius 2 is 1.74 bits per heavy atom. The Morgan fingerprint density at radius 3 is 2.34 bits per heavy atom. The van der Waals surface area contributed by atoms with Crippen molar-refractivity contribution in [3.8, 4) is 11.8 Å². The van der Waals surface area contributed by atoms with E-state index >= 15 is 4.39 Å². The van der Waals surface area contributed by atoms with Crippen molar-refractivity contribution in [2.75, 3.05) is 18.4 Å². The van der Waals surface area contributed by atoms with Crippen molar-refractivity contribution in [3.63, 3.8) is 0 Å². The number of halogens is 8. The third-order valence-corrected chi connectivity index (χ3v) is 10.8. The van der Waals surface area contributed by atoms with E-state index in [1.165, 1.54) is 44.4 Å². The van der Waals surface area contributed by atoms with Crippen LogP contribution >= 0.6 is 0 Å². The number of ether oxygens (including phenoxy) is 1. The van der Waals surface area contributed by atoms with Gasteiger partial charge in [-0.3, -0.25) is 19.2 Å². The summed E-state index contributed by atoms with van der Waals surface area (Å²) in [5.74, 6) is -8.33. The van der Waals surface area contributed by atoms with Gasteiger partial charge in [0, 0.05) is 19.2 Å². The topological polar surface area (TPSA) is 145 Å². The molecule has 0 aromatic carbocycles.